The molecule has 21 atom stereocenters. The summed E-state index contributed by atoms with van der Waals surface area (Å²) in [6, 6.07) is 0. The van der Waals surface area contributed by atoms with Gasteiger partial charge in [-0.1, -0.05) is 39.8 Å². The average molecular weight is 797 g/mol. The lowest BCUT2D eigenvalue weighted by Crippen LogP contribution is -2.68. The molecule has 0 unspecified atom stereocenters. The van der Waals surface area contributed by atoms with Gasteiger partial charge in [-0.2, -0.15) is 0 Å². The maximum Gasteiger partial charge on any atom is 0.314 e. The lowest BCUT2D eigenvalue weighted by atomic mass is 9.32. The van der Waals surface area contributed by atoms with E-state index in [0.29, 0.717) is 25.2 Å². The fraction of sp³-hybridized carbons (Fsp3) is 0.929. The van der Waals surface area contributed by atoms with Crippen LogP contribution in [0.25, 0.3) is 0 Å². The number of allylic oxidation sites excluding steroid dienone is 1. The molecule has 9 N–H and O–H groups in total. The van der Waals surface area contributed by atoms with Crippen molar-refractivity contribution in [1.82, 2.24) is 0 Å². The monoisotopic (exact) mass is 796 g/mol. The van der Waals surface area contributed by atoms with Gasteiger partial charge in [-0.15, -0.1) is 0 Å². The molecule has 14 nitrogen and oxygen atoms in total. The van der Waals surface area contributed by atoms with Crippen LogP contribution >= 0.6 is 0 Å². The molecular formula is C42H68O14. The third kappa shape index (κ3) is 6.13. The van der Waals surface area contributed by atoms with Crippen molar-refractivity contribution in [2.45, 2.75) is 166 Å². The number of carbonyl (C=O) groups is 1. The van der Waals surface area contributed by atoms with E-state index in [9.17, 15) is 50.8 Å². The average Bonchev–Trinajstić information content (AvgIpc) is 3.57. The summed E-state index contributed by atoms with van der Waals surface area (Å²) in [5.41, 5.74) is -0.624. The zero-order valence-corrected chi connectivity index (χ0v) is 33.7. The molecule has 0 aromatic carbocycles. The molecule has 14 heteroatoms. The van der Waals surface area contributed by atoms with Crippen LogP contribution in [0.1, 0.15) is 98.8 Å². The first-order valence-corrected chi connectivity index (χ1v) is 21.0. The summed E-state index contributed by atoms with van der Waals surface area (Å²) in [6.07, 6.45) is -8.41. The van der Waals surface area contributed by atoms with E-state index in [1.165, 1.54) is 0 Å². The van der Waals surface area contributed by atoms with Crippen LogP contribution in [-0.4, -0.2) is 139 Å². The molecular weight excluding hydrogens is 728 g/mol. The fourth-order valence-corrected chi connectivity index (χ4v) is 14.3. The third-order valence-corrected chi connectivity index (χ3v) is 17.8. The second-order valence-electron chi connectivity index (χ2n) is 20.0. The quantitative estimate of drug-likeness (QED) is 0.124. The van der Waals surface area contributed by atoms with E-state index in [1.807, 2.05) is 6.92 Å². The summed E-state index contributed by atoms with van der Waals surface area (Å²) in [5.74, 6) is 0.252. The Morgan fingerprint density at radius 3 is 1.98 bits per heavy atom. The Bertz CT molecular complexity index is 1480. The third-order valence-electron chi connectivity index (χ3n) is 17.8. The molecule has 5 saturated carbocycles. The van der Waals surface area contributed by atoms with Gasteiger partial charge in [0.05, 0.1) is 31.3 Å². The van der Waals surface area contributed by atoms with Crippen LogP contribution in [0.3, 0.4) is 0 Å². The summed E-state index contributed by atoms with van der Waals surface area (Å²) >= 11 is 0. The highest BCUT2D eigenvalue weighted by atomic mass is 16.7. The van der Waals surface area contributed by atoms with Crippen LogP contribution in [0.15, 0.2) is 12.2 Å². The number of esters is 1. The predicted molar refractivity (Wildman–Crippen MR) is 199 cm³/mol. The van der Waals surface area contributed by atoms with Gasteiger partial charge < -0.3 is 64.9 Å². The summed E-state index contributed by atoms with van der Waals surface area (Å²) < 4.78 is 23.0. The van der Waals surface area contributed by atoms with E-state index >= 15 is 0 Å². The maximum absolute atomic E-state index is 14.8. The molecule has 56 heavy (non-hydrogen) atoms. The molecule has 0 aromatic rings. The van der Waals surface area contributed by atoms with Gasteiger partial charge in [-0.3, -0.25) is 4.79 Å². The topological polar surface area (TPSA) is 236 Å². The molecule has 0 amide bonds. The first-order valence-electron chi connectivity index (χ1n) is 21.0. The van der Waals surface area contributed by atoms with Crippen molar-refractivity contribution in [2.24, 2.45) is 56.7 Å². The van der Waals surface area contributed by atoms with Gasteiger partial charge in [-0.05, 0) is 117 Å². The van der Waals surface area contributed by atoms with E-state index in [1.54, 1.807) is 0 Å². The number of aliphatic hydroxyl groups excluding tert-OH is 9. The summed E-state index contributed by atoms with van der Waals surface area (Å²) in [7, 11) is 0. The Balaban J connectivity index is 1.11. The number of aliphatic hydroxyl groups is 9. The minimum absolute atomic E-state index is 0.0356. The van der Waals surface area contributed by atoms with Crippen molar-refractivity contribution in [1.29, 1.82) is 0 Å². The standard InChI is InChI=1S/C42H68O14/c1-20(2)21-9-14-42(37(52)56-36-34(51)32(49)30(47)24(55-36)18-53-35-33(50)31(48)29(46)23(17-43)54-35)16-15-40(5)22(28(21)42)7-8-26-38(3)12-11-27(45)39(4,19-44)25(38)10-13-41(26,40)6/h21-36,43-51H,1,7-19H2,2-6H3/t21-,22+,23+,24+,25+,26+,27-,28+,29+,30+,31-,32-,33+,34+,35+,36-,38-,39-,40+,41+,42-/m0/s1. The lowest BCUT2D eigenvalue weighted by Gasteiger charge is -2.72. The molecule has 7 fully saturated rings. The molecule has 2 heterocycles. The Morgan fingerprint density at radius 1 is 0.696 bits per heavy atom. The van der Waals surface area contributed by atoms with Crippen LogP contribution < -0.4 is 0 Å². The first kappa shape index (κ1) is 42.8. The van der Waals surface area contributed by atoms with Gasteiger partial charge in [0.25, 0.3) is 0 Å². The van der Waals surface area contributed by atoms with Gasteiger partial charge >= 0.3 is 5.97 Å². The van der Waals surface area contributed by atoms with Gasteiger partial charge in [0.1, 0.15) is 48.8 Å². The van der Waals surface area contributed by atoms with Crippen LogP contribution in [0, 0.1) is 56.7 Å². The molecule has 5 aliphatic carbocycles. The zero-order chi connectivity index (χ0) is 40.9. The summed E-state index contributed by atoms with van der Waals surface area (Å²) in [4.78, 5) is 14.8. The number of hydrogen-bond acceptors (Lipinski definition) is 14. The van der Waals surface area contributed by atoms with Crippen molar-refractivity contribution in [3.63, 3.8) is 0 Å². The van der Waals surface area contributed by atoms with E-state index in [4.69, 9.17) is 18.9 Å². The molecule has 320 valence electrons. The van der Waals surface area contributed by atoms with Crippen LogP contribution in [-0.2, 0) is 23.7 Å². The predicted octanol–water partition coefficient (Wildman–Crippen LogP) is 1.14. The van der Waals surface area contributed by atoms with E-state index in [-0.39, 0.29) is 46.5 Å². The van der Waals surface area contributed by atoms with Crippen molar-refractivity contribution in [2.75, 3.05) is 19.8 Å². The highest BCUT2D eigenvalue weighted by molar-refractivity contribution is 5.78. The van der Waals surface area contributed by atoms with Gasteiger partial charge in [-0.25, -0.2) is 0 Å². The Labute approximate surface area is 330 Å². The van der Waals surface area contributed by atoms with Crippen LogP contribution in [0.5, 0.6) is 0 Å². The molecule has 7 aliphatic rings. The van der Waals surface area contributed by atoms with Gasteiger partial charge in [0.15, 0.2) is 6.29 Å². The molecule has 0 radical (unpaired) electrons. The molecule has 7 rings (SSSR count). The Kier molecular flexibility index (Phi) is 11.5. The molecule has 0 aromatic heterocycles. The molecule has 0 spiro atoms. The fourth-order valence-electron chi connectivity index (χ4n) is 14.3. The minimum Gasteiger partial charge on any atom is -0.432 e. The zero-order valence-electron chi connectivity index (χ0n) is 33.7. The number of hydrogen-bond donors (Lipinski definition) is 9. The van der Waals surface area contributed by atoms with Crippen LogP contribution in [0.2, 0.25) is 0 Å². The van der Waals surface area contributed by atoms with Gasteiger partial charge in [0.2, 0.25) is 6.29 Å². The molecule has 2 saturated heterocycles. The van der Waals surface area contributed by atoms with Crippen LogP contribution in [0.4, 0.5) is 0 Å². The Morgan fingerprint density at radius 2 is 1.34 bits per heavy atom. The second kappa shape index (κ2) is 15.0. The summed E-state index contributed by atoms with van der Waals surface area (Å²) in [6.45, 7) is 14.6. The lowest BCUT2D eigenvalue weighted by molar-refractivity contribution is -0.328. The van der Waals surface area contributed by atoms with Gasteiger partial charge in [0, 0.05) is 5.41 Å². The van der Waals surface area contributed by atoms with E-state index in [0.717, 1.165) is 50.5 Å². The number of carbonyl (C=O) groups excluding carboxylic acids is 1. The van der Waals surface area contributed by atoms with Crippen molar-refractivity contribution in [3.05, 3.63) is 12.2 Å². The largest absolute Gasteiger partial charge is 0.432 e. The number of fused-ring (bicyclic) bond motifs is 7. The number of ether oxygens (including phenoxy) is 4. The summed E-state index contributed by atoms with van der Waals surface area (Å²) in [5, 5.41) is 94.8. The first-order chi connectivity index (χ1) is 26.3. The molecule has 0 bridgehead atoms. The maximum atomic E-state index is 14.8. The molecule has 2 aliphatic heterocycles. The van der Waals surface area contributed by atoms with Crippen molar-refractivity contribution >= 4 is 5.97 Å². The van der Waals surface area contributed by atoms with Crippen molar-refractivity contribution < 1.29 is 69.7 Å². The smallest absolute Gasteiger partial charge is 0.314 e. The van der Waals surface area contributed by atoms with E-state index < -0.39 is 97.5 Å². The SMILES string of the molecule is C=C(C)[C@@H]1CC[C@]2(C(=O)O[C@@H]3O[C@H](CO[C@@H]4O[C@H](CO)[C@@H](O)[C@H](O)[C@H]4O)[C@@H](O)[C@H](O)[C@H]3O)CC[C@]3(C)[C@H](CC[C@@H]4[C@@]5(C)CC[C@H](O)[C@@](C)(CO)[C@@H]5CC[C@]43C)[C@@H]12. The second-order valence-corrected chi connectivity index (χ2v) is 20.0. The van der Waals surface area contributed by atoms with Crippen molar-refractivity contribution in [3.8, 4) is 0 Å². The normalized spacial score (nSPS) is 55.6. The number of rotatable bonds is 8. The highest BCUT2D eigenvalue weighted by Crippen LogP contribution is 2.77. The Hall–Kier alpha value is -1.27. The highest BCUT2D eigenvalue weighted by Gasteiger charge is 2.72. The minimum atomic E-state index is -1.78. The van der Waals surface area contributed by atoms with E-state index in [2.05, 4.69) is 34.3 Å².